The van der Waals surface area contributed by atoms with Crippen LogP contribution in [0.25, 0.3) is 10.9 Å². The van der Waals surface area contributed by atoms with Gasteiger partial charge in [0.2, 0.25) is 0 Å². The number of H-pyrrole nitrogens is 1. The van der Waals surface area contributed by atoms with Crippen LogP contribution < -0.4 is 11.1 Å². The standard InChI is InChI=1S/C15H17N5O/c1-10(8-20-6-5-17-9-20)18-15(21)13-7-11-3-2-4-12(16)14(11)19-13/h2-7,9-10,19H,8,16H2,1H3,(H,18,21). The lowest BCUT2D eigenvalue weighted by Crippen LogP contribution is -2.35. The zero-order valence-corrected chi connectivity index (χ0v) is 11.7. The normalized spacial score (nSPS) is 12.4. The first-order valence-electron chi connectivity index (χ1n) is 6.77. The highest BCUT2D eigenvalue weighted by molar-refractivity contribution is 6.00. The molecule has 2 heterocycles. The zero-order valence-electron chi connectivity index (χ0n) is 11.7. The number of aromatic nitrogens is 3. The quantitative estimate of drug-likeness (QED) is 0.637. The van der Waals surface area contributed by atoms with Gasteiger partial charge in [-0.25, -0.2) is 4.98 Å². The van der Waals surface area contributed by atoms with Gasteiger partial charge >= 0.3 is 0 Å². The number of carbonyl (C=O) groups excluding carboxylic acids is 1. The third-order valence-electron chi connectivity index (χ3n) is 3.35. The highest BCUT2D eigenvalue weighted by atomic mass is 16.1. The number of amides is 1. The van der Waals surface area contributed by atoms with Crippen LogP contribution in [0.5, 0.6) is 0 Å². The third kappa shape index (κ3) is 2.74. The van der Waals surface area contributed by atoms with E-state index in [9.17, 15) is 4.79 Å². The Labute approximate surface area is 122 Å². The first-order chi connectivity index (χ1) is 10.1. The van der Waals surface area contributed by atoms with Gasteiger partial charge in [-0.3, -0.25) is 4.79 Å². The zero-order chi connectivity index (χ0) is 14.8. The predicted molar refractivity (Wildman–Crippen MR) is 81.9 cm³/mol. The van der Waals surface area contributed by atoms with Gasteiger partial charge in [-0.05, 0) is 19.1 Å². The van der Waals surface area contributed by atoms with E-state index in [0.717, 1.165) is 10.9 Å². The summed E-state index contributed by atoms with van der Waals surface area (Å²) in [4.78, 5) is 19.3. The van der Waals surface area contributed by atoms with E-state index in [4.69, 9.17) is 5.73 Å². The van der Waals surface area contributed by atoms with E-state index < -0.39 is 0 Å². The molecule has 1 aromatic carbocycles. The van der Waals surface area contributed by atoms with Gasteiger partial charge in [0.25, 0.3) is 5.91 Å². The molecule has 3 rings (SSSR count). The minimum atomic E-state index is -0.141. The topological polar surface area (TPSA) is 88.7 Å². The van der Waals surface area contributed by atoms with Crippen LogP contribution in [0.2, 0.25) is 0 Å². The molecule has 3 aromatic rings. The smallest absolute Gasteiger partial charge is 0.267 e. The number of nitrogens with one attached hydrogen (secondary N) is 2. The Morgan fingerprint density at radius 1 is 1.52 bits per heavy atom. The molecule has 0 radical (unpaired) electrons. The number of carbonyl (C=O) groups is 1. The fourth-order valence-corrected chi connectivity index (χ4v) is 2.36. The van der Waals surface area contributed by atoms with Crippen LogP contribution in [0.1, 0.15) is 17.4 Å². The van der Waals surface area contributed by atoms with Crippen LogP contribution in [0.15, 0.2) is 43.0 Å². The summed E-state index contributed by atoms with van der Waals surface area (Å²) >= 11 is 0. The fourth-order valence-electron chi connectivity index (χ4n) is 2.36. The first-order valence-corrected chi connectivity index (χ1v) is 6.77. The van der Waals surface area contributed by atoms with Crippen molar-refractivity contribution in [1.82, 2.24) is 19.9 Å². The van der Waals surface area contributed by atoms with Crippen molar-refractivity contribution in [2.45, 2.75) is 19.5 Å². The minimum absolute atomic E-state index is 0.00420. The monoisotopic (exact) mass is 283 g/mol. The summed E-state index contributed by atoms with van der Waals surface area (Å²) in [7, 11) is 0. The van der Waals surface area contributed by atoms with Crippen LogP contribution >= 0.6 is 0 Å². The van der Waals surface area contributed by atoms with Crippen molar-refractivity contribution < 1.29 is 4.79 Å². The summed E-state index contributed by atoms with van der Waals surface area (Å²) in [5.74, 6) is -0.141. The summed E-state index contributed by atoms with van der Waals surface area (Å²) in [6.07, 6.45) is 5.31. The molecule has 6 heteroatoms. The molecule has 1 unspecified atom stereocenters. The second kappa shape index (κ2) is 5.32. The molecule has 0 saturated heterocycles. The van der Waals surface area contributed by atoms with E-state index in [1.165, 1.54) is 0 Å². The van der Waals surface area contributed by atoms with E-state index in [-0.39, 0.29) is 11.9 Å². The van der Waals surface area contributed by atoms with Crippen LogP contribution in [0, 0.1) is 0 Å². The number of hydrogen-bond donors (Lipinski definition) is 3. The van der Waals surface area contributed by atoms with Gasteiger partial charge in [0.1, 0.15) is 5.69 Å². The maximum Gasteiger partial charge on any atom is 0.267 e. The van der Waals surface area contributed by atoms with Crippen LogP contribution in [-0.4, -0.2) is 26.5 Å². The van der Waals surface area contributed by atoms with Crippen molar-refractivity contribution in [2.24, 2.45) is 0 Å². The van der Waals surface area contributed by atoms with Gasteiger partial charge in [-0.1, -0.05) is 12.1 Å². The van der Waals surface area contributed by atoms with E-state index in [2.05, 4.69) is 15.3 Å². The van der Waals surface area contributed by atoms with Crippen LogP contribution in [-0.2, 0) is 6.54 Å². The predicted octanol–water partition coefficient (Wildman–Crippen LogP) is 1.77. The number of rotatable bonds is 4. The molecule has 108 valence electrons. The average Bonchev–Trinajstić information content (AvgIpc) is 3.07. The van der Waals surface area contributed by atoms with Crippen molar-refractivity contribution in [1.29, 1.82) is 0 Å². The number of imidazole rings is 1. The molecule has 0 aliphatic heterocycles. The number of benzene rings is 1. The van der Waals surface area contributed by atoms with E-state index in [0.29, 0.717) is 17.9 Å². The first kappa shape index (κ1) is 13.2. The highest BCUT2D eigenvalue weighted by Gasteiger charge is 2.13. The maximum atomic E-state index is 12.3. The van der Waals surface area contributed by atoms with Gasteiger partial charge in [-0.15, -0.1) is 0 Å². The lowest BCUT2D eigenvalue weighted by molar-refractivity contribution is 0.0932. The second-order valence-corrected chi connectivity index (χ2v) is 5.13. The molecular formula is C15H17N5O. The number of aromatic amines is 1. The number of nitrogens with two attached hydrogens (primary N) is 1. The van der Waals surface area contributed by atoms with Gasteiger partial charge in [0.05, 0.1) is 17.5 Å². The van der Waals surface area contributed by atoms with E-state index >= 15 is 0 Å². The van der Waals surface area contributed by atoms with Gasteiger partial charge in [0.15, 0.2) is 0 Å². The van der Waals surface area contributed by atoms with Crippen molar-refractivity contribution in [3.05, 3.63) is 48.7 Å². The molecule has 0 spiro atoms. The van der Waals surface area contributed by atoms with Crippen molar-refractivity contribution in [3.8, 4) is 0 Å². The van der Waals surface area contributed by atoms with Crippen molar-refractivity contribution in [3.63, 3.8) is 0 Å². The lowest BCUT2D eigenvalue weighted by atomic mass is 10.2. The van der Waals surface area contributed by atoms with E-state index in [1.807, 2.05) is 42.0 Å². The maximum absolute atomic E-state index is 12.3. The number of hydrogen-bond acceptors (Lipinski definition) is 3. The molecule has 0 fully saturated rings. The molecule has 0 aliphatic rings. The molecule has 21 heavy (non-hydrogen) atoms. The molecule has 1 amide bonds. The van der Waals surface area contributed by atoms with Gasteiger partial charge in [-0.2, -0.15) is 0 Å². The lowest BCUT2D eigenvalue weighted by Gasteiger charge is -2.13. The molecular weight excluding hydrogens is 266 g/mol. The Morgan fingerprint density at radius 3 is 3.10 bits per heavy atom. The Bertz CT molecular complexity index is 760. The van der Waals surface area contributed by atoms with Crippen molar-refractivity contribution in [2.75, 3.05) is 5.73 Å². The number of anilines is 1. The third-order valence-corrected chi connectivity index (χ3v) is 3.35. The molecule has 1 atom stereocenters. The average molecular weight is 283 g/mol. The molecule has 6 nitrogen and oxygen atoms in total. The number of nitrogens with zero attached hydrogens (tertiary/aromatic N) is 2. The number of para-hydroxylation sites is 1. The van der Waals surface area contributed by atoms with Gasteiger partial charge in [0, 0.05) is 30.4 Å². The Morgan fingerprint density at radius 2 is 2.38 bits per heavy atom. The molecule has 2 aromatic heterocycles. The Kier molecular flexibility index (Phi) is 3.35. The van der Waals surface area contributed by atoms with E-state index in [1.54, 1.807) is 12.5 Å². The molecule has 4 N–H and O–H groups in total. The summed E-state index contributed by atoms with van der Waals surface area (Å²) in [5, 5.41) is 3.89. The number of nitrogen functional groups attached to an aromatic ring is 1. The Hall–Kier alpha value is -2.76. The molecule has 0 saturated carbocycles. The Balaban J connectivity index is 1.73. The summed E-state index contributed by atoms with van der Waals surface area (Å²) in [6.45, 7) is 2.63. The van der Waals surface area contributed by atoms with Crippen molar-refractivity contribution >= 4 is 22.5 Å². The SMILES string of the molecule is CC(Cn1ccnc1)NC(=O)c1cc2cccc(N)c2[nH]1. The largest absolute Gasteiger partial charge is 0.397 e. The minimum Gasteiger partial charge on any atom is -0.397 e. The summed E-state index contributed by atoms with van der Waals surface area (Å²) < 4.78 is 1.92. The number of fused-ring (bicyclic) bond motifs is 1. The molecule has 0 bridgehead atoms. The van der Waals surface area contributed by atoms with Crippen LogP contribution in [0.3, 0.4) is 0 Å². The fraction of sp³-hybridized carbons (Fsp3) is 0.200. The molecule has 0 aliphatic carbocycles. The van der Waals surface area contributed by atoms with Gasteiger partial charge < -0.3 is 20.6 Å². The second-order valence-electron chi connectivity index (χ2n) is 5.13. The summed E-state index contributed by atoms with van der Waals surface area (Å²) in [6, 6.07) is 7.41. The highest BCUT2D eigenvalue weighted by Crippen LogP contribution is 2.21. The summed E-state index contributed by atoms with van der Waals surface area (Å²) in [5.41, 5.74) is 7.84. The van der Waals surface area contributed by atoms with Crippen LogP contribution in [0.4, 0.5) is 5.69 Å².